The number of aliphatic carboxylic acids is 1. The smallest absolute Gasteiger partial charge is 0.407 e. The largest absolute Gasteiger partial charge is 0.478 e. The molecule has 0 rings (SSSR count). The lowest BCUT2D eigenvalue weighted by atomic mass is 10.2. The molecule has 0 atom stereocenters. The summed E-state index contributed by atoms with van der Waals surface area (Å²) in [5, 5.41) is 11.0. The van der Waals surface area contributed by atoms with Crippen LogP contribution in [0.3, 0.4) is 0 Å². The predicted octanol–water partition coefficient (Wildman–Crippen LogP) is 0.778. The van der Waals surface area contributed by atoms with Crippen LogP contribution in [0.15, 0.2) is 24.8 Å². The summed E-state index contributed by atoms with van der Waals surface area (Å²) in [6.07, 6.45) is 1.34. The van der Waals surface area contributed by atoms with Gasteiger partial charge in [0.2, 0.25) is 5.91 Å². The second-order valence-corrected chi connectivity index (χ2v) is 4.04. The van der Waals surface area contributed by atoms with Gasteiger partial charge in [-0.25, -0.2) is 9.59 Å². The average Bonchev–Trinajstić information content (AvgIpc) is 2.41. The van der Waals surface area contributed by atoms with E-state index in [0.717, 1.165) is 0 Å². The topological polar surface area (TPSA) is 95.9 Å². The molecule has 0 bridgehead atoms. The predicted molar refractivity (Wildman–Crippen MR) is 73.2 cm³/mol. The standard InChI is InChI=1S/C13H20N2O5/c1-4-11(16)15(3)8-9-20-13(19)14-7-5-6-10(2)12(17)18/h4H,1-2,5-9H2,3H3,(H,14,19)(H,17,18). The first-order valence-electron chi connectivity index (χ1n) is 6.07. The zero-order valence-corrected chi connectivity index (χ0v) is 11.6. The van der Waals surface area contributed by atoms with Gasteiger partial charge in [0.25, 0.3) is 0 Å². The maximum absolute atomic E-state index is 11.2. The minimum absolute atomic E-state index is 0.0732. The highest BCUT2D eigenvalue weighted by Crippen LogP contribution is 2.00. The van der Waals surface area contributed by atoms with Crippen LogP contribution in [0.2, 0.25) is 0 Å². The summed E-state index contributed by atoms with van der Waals surface area (Å²) in [5.41, 5.74) is 0.102. The maximum Gasteiger partial charge on any atom is 0.407 e. The van der Waals surface area contributed by atoms with Crippen molar-refractivity contribution < 1.29 is 24.2 Å². The maximum atomic E-state index is 11.2. The molecule has 0 unspecified atom stereocenters. The van der Waals surface area contributed by atoms with Crippen LogP contribution in [-0.2, 0) is 14.3 Å². The number of alkyl carbamates (subject to hydrolysis) is 1. The molecule has 7 nitrogen and oxygen atoms in total. The molecule has 2 amide bonds. The van der Waals surface area contributed by atoms with Crippen LogP contribution in [0.5, 0.6) is 0 Å². The highest BCUT2D eigenvalue weighted by atomic mass is 16.5. The van der Waals surface area contributed by atoms with Crippen LogP contribution in [0.4, 0.5) is 4.79 Å². The first-order valence-corrected chi connectivity index (χ1v) is 6.07. The molecule has 0 heterocycles. The van der Waals surface area contributed by atoms with Gasteiger partial charge in [-0.15, -0.1) is 0 Å². The third kappa shape index (κ3) is 7.91. The molecule has 0 aliphatic rings. The van der Waals surface area contributed by atoms with E-state index in [-0.39, 0.29) is 24.6 Å². The molecule has 7 heteroatoms. The Morgan fingerprint density at radius 2 is 2.05 bits per heavy atom. The Bertz CT molecular complexity index is 392. The number of ether oxygens (including phenoxy) is 1. The molecule has 0 aromatic carbocycles. The summed E-state index contributed by atoms with van der Waals surface area (Å²) in [7, 11) is 1.57. The molecule has 0 aliphatic heterocycles. The van der Waals surface area contributed by atoms with Crippen LogP contribution in [0.25, 0.3) is 0 Å². The molecule has 20 heavy (non-hydrogen) atoms. The summed E-state index contributed by atoms with van der Waals surface area (Å²) < 4.78 is 4.84. The van der Waals surface area contributed by atoms with E-state index >= 15 is 0 Å². The Labute approximate surface area is 117 Å². The van der Waals surface area contributed by atoms with Gasteiger partial charge in [0.1, 0.15) is 6.61 Å². The van der Waals surface area contributed by atoms with Crippen molar-refractivity contribution in [2.75, 3.05) is 26.7 Å². The Kier molecular flexibility index (Phi) is 8.49. The number of carboxylic acid groups (broad SMARTS) is 1. The molecular weight excluding hydrogens is 264 g/mol. The summed E-state index contributed by atoms with van der Waals surface area (Å²) in [6.45, 7) is 7.36. The normalized spacial score (nSPS) is 9.45. The van der Waals surface area contributed by atoms with Gasteiger partial charge in [-0.3, -0.25) is 4.79 Å². The zero-order chi connectivity index (χ0) is 15.5. The van der Waals surface area contributed by atoms with E-state index in [2.05, 4.69) is 18.5 Å². The second kappa shape index (κ2) is 9.60. The first kappa shape index (κ1) is 17.7. The second-order valence-electron chi connectivity index (χ2n) is 4.04. The summed E-state index contributed by atoms with van der Waals surface area (Å²) in [5.74, 6) is -1.29. The number of amides is 2. The number of carboxylic acids is 1. The molecular formula is C13H20N2O5. The van der Waals surface area contributed by atoms with E-state index in [4.69, 9.17) is 9.84 Å². The monoisotopic (exact) mass is 284 g/mol. The van der Waals surface area contributed by atoms with Gasteiger partial charge >= 0.3 is 12.1 Å². The molecule has 2 N–H and O–H groups in total. The molecule has 0 spiro atoms. The first-order chi connectivity index (χ1) is 9.38. The molecule has 0 radical (unpaired) electrons. The number of hydrogen-bond acceptors (Lipinski definition) is 4. The van der Waals surface area contributed by atoms with Crippen molar-refractivity contribution in [3.8, 4) is 0 Å². The highest BCUT2D eigenvalue weighted by Gasteiger charge is 2.07. The molecule has 0 saturated heterocycles. The third-order valence-corrected chi connectivity index (χ3v) is 2.44. The average molecular weight is 284 g/mol. The zero-order valence-electron chi connectivity index (χ0n) is 11.6. The number of nitrogens with one attached hydrogen (secondary N) is 1. The minimum atomic E-state index is -1.04. The summed E-state index contributed by atoms with van der Waals surface area (Å²) in [6, 6.07) is 0. The van der Waals surface area contributed by atoms with Crippen LogP contribution in [0.1, 0.15) is 12.8 Å². The fraction of sp³-hybridized carbons (Fsp3) is 0.462. The number of carbonyl (C=O) groups is 3. The fourth-order valence-electron chi connectivity index (χ4n) is 1.19. The van der Waals surface area contributed by atoms with E-state index < -0.39 is 12.1 Å². The fourth-order valence-corrected chi connectivity index (χ4v) is 1.19. The van der Waals surface area contributed by atoms with E-state index in [1.165, 1.54) is 11.0 Å². The third-order valence-electron chi connectivity index (χ3n) is 2.44. The van der Waals surface area contributed by atoms with Gasteiger partial charge in [-0.05, 0) is 18.9 Å². The lowest BCUT2D eigenvalue weighted by Crippen LogP contribution is -2.32. The number of carbonyl (C=O) groups excluding carboxylic acids is 2. The van der Waals surface area contributed by atoms with Gasteiger partial charge < -0.3 is 20.1 Å². The van der Waals surface area contributed by atoms with Crippen molar-refractivity contribution in [3.63, 3.8) is 0 Å². The van der Waals surface area contributed by atoms with E-state index in [1.54, 1.807) is 7.05 Å². The van der Waals surface area contributed by atoms with Crippen molar-refractivity contribution in [1.29, 1.82) is 0 Å². The number of hydrogen-bond donors (Lipinski definition) is 2. The van der Waals surface area contributed by atoms with Gasteiger partial charge in [-0.2, -0.15) is 0 Å². The van der Waals surface area contributed by atoms with Gasteiger partial charge in [0.05, 0.1) is 6.54 Å². The number of rotatable bonds is 9. The quantitative estimate of drug-likeness (QED) is 0.482. The molecule has 0 aromatic heterocycles. The van der Waals surface area contributed by atoms with Crippen LogP contribution in [0, 0.1) is 0 Å². The molecule has 0 aliphatic carbocycles. The molecule has 112 valence electrons. The Morgan fingerprint density at radius 1 is 1.40 bits per heavy atom. The van der Waals surface area contributed by atoms with E-state index in [0.29, 0.717) is 19.4 Å². The summed E-state index contributed by atoms with van der Waals surface area (Å²) >= 11 is 0. The van der Waals surface area contributed by atoms with Crippen molar-refractivity contribution >= 4 is 18.0 Å². The molecule has 0 saturated carbocycles. The van der Waals surface area contributed by atoms with Crippen molar-refractivity contribution in [3.05, 3.63) is 24.8 Å². The number of nitrogens with zero attached hydrogens (tertiary/aromatic N) is 1. The highest BCUT2D eigenvalue weighted by molar-refractivity contribution is 5.86. The van der Waals surface area contributed by atoms with Crippen LogP contribution in [-0.4, -0.2) is 54.7 Å². The van der Waals surface area contributed by atoms with Gasteiger partial charge in [-0.1, -0.05) is 13.2 Å². The van der Waals surface area contributed by atoms with Crippen LogP contribution < -0.4 is 5.32 Å². The van der Waals surface area contributed by atoms with Gasteiger partial charge in [0, 0.05) is 19.2 Å². The lowest BCUT2D eigenvalue weighted by Gasteiger charge is -2.14. The van der Waals surface area contributed by atoms with Crippen molar-refractivity contribution in [1.82, 2.24) is 10.2 Å². The summed E-state index contributed by atoms with van der Waals surface area (Å²) in [4.78, 5) is 34.2. The van der Waals surface area contributed by atoms with E-state index in [9.17, 15) is 14.4 Å². The Balaban J connectivity index is 3.65. The lowest BCUT2D eigenvalue weighted by molar-refractivity contribution is -0.132. The Hall–Kier alpha value is -2.31. The molecule has 0 fully saturated rings. The van der Waals surface area contributed by atoms with E-state index in [1.807, 2.05) is 0 Å². The number of likely N-dealkylation sites (N-methyl/N-ethyl adjacent to an activating group) is 1. The van der Waals surface area contributed by atoms with Gasteiger partial charge in [0.15, 0.2) is 0 Å². The SMILES string of the molecule is C=CC(=O)N(C)CCOC(=O)NCCCC(=C)C(=O)O. The molecule has 0 aromatic rings. The minimum Gasteiger partial charge on any atom is -0.478 e. The van der Waals surface area contributed by atoms with Crippen molar-refractivity contribution in [2.24, 2.45) is 0 Å². The van der Waals surface area contributed by atoms with Crippen LogP contribution >= 0.6 is 0 Å². The van der Waals surface area contributed by atoms with Crippen molar-refractivity contribution in [2.45, 2.75) is 12.8 Å². The Morgan fingerprint density at radius 3 is 2.60 bits per heavy atom.